The number of likely N-dealkylation sites (tertiary alicyclic amines) is 1. The van der Waals surface area contributed by atoms with Gasteiger partial charge in [-0.15, -0.1) is 0 Å². The van der Waals surface area contributed by atoms with Crippen LogP contribution in [0.4, 0.5) is 4.79 Å². The highest BCUT2D eigenvalue weighted by molar-refractivity contribution is 5.94. The minimum Gasteiger partial charge on any atom is -0.480 e. The highest BCUT2D eigenvalue weighted by Crippen LogP contribution is 2.28. The number of alkyl carbamates (subject to hydrolysis) is 1. The van der Waals surface area contributed by atoms with Crippen molar-refractivity contribution in [2.45, 2.75) is 91.6 Å². The van der Waals surface area contributed by atoms with E-state index in [4.69, 9.17) is 9.47 Å². The van der Waals surface area contributed by atoms with E-state index in [0.717, 1.165) is 16.3 Å². The van der Waals surface area contributed by atoms with Gasteiger partial charge in [0.15, 0.2) is 0 Å². The number of hydrogen-bond acceptors (Lipinski definition) is 6. The van der Waals surface area contributed by atoms with Crippen LogP contribution < -0.4 is 10.6 Å². The number of ether oxygens (including phenoxy) is 2. The second kappa shape index (κ2) is 14.7. The summed E-state index contributed by atoms with van der Waals surface area (Å²) in [4.78, 5) is 53.9. The van der Waals surface area contributed by atoms with Crippen LogP contribution in [0.3, 0.4) is 0 Å². The molecule has 5 atom stereocenters. The molecular weight excluding hydrogens is 550 g/mol. The first-order valence-electron chi connectivity index (χ1n) is 15.2. The first-order valence-corrected chi connectivity index (χ1v) is 15.2. The number of aliphatic carboxylic acids is 1. The quantitative estimate of drug-likeness (QED) is 0.304. The second-order valence-corrected chi connectivity index (χ2v) is 12.5. The topological polar surface area (TPSA) is 134 Å². The Labute approximate surface area is 254 Å². The number of fused-ring (bicyclic) bond motifs is 1. The Balaban J connectivity index is 1.86. The fourth-order valence-corrected chi connectivity index (χ4v) is 5.27. The standard InChI is InChI=1S/C33H47N3O7/c1-8-22(6)33(7,31(39)40)35-29(37)27-16-25(42-19-24-14-11-13-23-12-9-10-15-26(23)24)17-36(27)30(38)28(21(4)5)34-32(41)43-18-20(2)3/h9-15,20-22,25,27-28H,8,16-19H2,1-7H3,(H,34,41)(H,35,37)(H,39,40)/t22-,25-,27+,28+,33?/m1/s1. The SMILES string of the molecule is CC[C@@H](C)C(C)(NC(=O)[C@@H]1C[C@@H](OCc2cccc3ccccc23)CN1C(=O)[C@@H](NC(=O)OCC(C)C)C(C)C)C(=O)O. The van der Waals surface area contributed by atoms with E-state index in [1.165, 1.54) is 11.8 Å². The largest absolute Gasteiger partial charge is 0.480 e. The fraction of sp³-hybridized carbons (Fsp3) is 0.576. The first-order chi connectivity index (χ1) is 20.3. The zero-order valence-corrected chi connectivity index (χ0v) is 26.4. The van der Waals surface area contributed by atoms with Crippen molar-refractivity contribution in [3.05, 3.63) is 48.0 Å². The number of benzene rings is 2. The number of rotatable bonds is 13. The number of carbonyl (C=O) groups excluding carboxylic acids is 3. The Morgan fingerprint density at radius 1 is 1.05 bits per heavy atom. The molecule has 0 bridgehead atoms. The average molecular weight is 598 g/mol. The van der Waals surface area contributed by atoms with E-state index in [1.54, 1.807) is 20.8 Å². The molecule has 2 aromatic carbocycles. The maximum absolute atomic E-state index is 14.0. The molecule has 3 N–H and O–H groups in total. The summed E-state index contributed by atoms with van der Waals surface area (Å²) >= 11 is 0. The average Bonchev–Trinajstić information content (AvgIpc) is 3.41. The number of hydrogen-bond donors (Lipinski definition) is 3. The summed E-state index contributed by atoms with van der Waals surface area (Å²) in [5, 5.41) is 17.6. The maximum atomic E-state index is 14.0. The van der Waals surface area contributed by atoms with Crippen molar-refractivity contribution in [1.82, 2.24) is 15.5 Å². The Morgan fingerprint density at radius 2 is 1.72 bits per heavy atom. The van der Waals surface area contributed by atoms with Gasteiger partial charge in [0.05, 0.1) is 19.3 Å². The summed E-state index contributed by atoms with van der Waals surface area (Å²) < 4.78 is 11.5. The van der Waals surface area contributed by atoms with Gasteiger partial charge in [0.25, 0.3) is 0 Å². The molecular formula is C33H47N3O7. The molecule has 10 heteroatoms. The van der Waals surface area contributed by atoms with Gasteiger partial charge >= 0.3 is 12.1 Å². The van der Waals surface area contributed by atoms with Crippen molar-refractivity contribution in [3.63, 3.8) is 0 Å². The molecule has 0 spiro atoms. The third-order valence-electron chi connectivity index (χ3n) is 8.38. The van der Waals surface area contributed by atoms with E-state index in [-0.39, 0.29) is 43.9 Å². The van der Waals surface area contributed by atoms with Gasteiger partial charge < -0.3 is 30.1 Å². The molecule has 0 saturated carbocycles. The minimum absolute atomic E-state index is 0.112. The van der Waals surface area contributed by atoms with E-state index in [0.29, 0.717) is 6.42 Å². The zero-order valence-electron chi connectivity index (χ0n) is 26.4. The Hall–Kier alpha value is -3.66. The molecule has 1 unspecified atom stereocenters. The van der Waals surface area contributed by atoms with Crippen LogP contribution in [0.1, 0.15) is 66.9 Å². The molecule has 2 aromatic rings. The van der Waals surface area contributed by atoms with Crippen molar-refractivity contribution in [2.75, 3.05) is 13.2 Å². The molecule has 0 aliphatic carbocycles. The van der Waals surface area contributed by atoms with Crippen LogP contribution in [0.5, 0.6) is 0 Å². The molecule has 43 heavy (non-hydrogen) atoms. The van der Waals surface area contributed by atoms with Crippen LogP contribution in [0.25, 0.3) is 10.8 Å². The number of amides is 3. The number of carboxylic acid groups (broad SMARTS) is 1. The third kappa shape index (κ3) is 8.25. The molecule has 0 radical (unpaired) electrons. The van der Waals surface area contributed by atoms with Crippen molar-refractivity contribution in [1.29, 1.82) is 0 Å². The lowest BCUT2D eigenvalue weighted by Crippen LogP contribution is -2.61. The monoisotopic (exact) mass is 597 g/mol. The van der Waals surface area contributed by atoms with Crippen LogP contribution in [0, 0.1) is 17.8 Å². The van der Waals surface area contributed by atoms with Crippen molar-refractivity contribution in [3.8, 4) is 0 Å². The molecule has 1 aliphatic rings. The molecule has 3 rings (SSSR count). The van der Waals surface area contributed by atoms with Gasteiger partial charge in [-0.25, -0.2) is 9.59 Å². The van der Waals surface area contributed by atoms with Crippen LogP contribution in [-0.2, 0) is 30.5 Å². The van der Waals surface area contributed by atoms with E-state index >= 15 is 0 Å². The number of nitrogens with zero attached hydrogens (tertiary/aromatic N) is 1. The molecule has 3 amide bonds. The third-order valence-corrected chi connectivity index (χ3v) is 8.38. The smallest absolute Gasteiger partial charge is 0.407 e. The molecule has 1 heterocycles. The summed E-state index contributed by atoms with van der Waals surface area (Å²) in [6.07, 6.45) is -0.481. The number of carboxylic acids is 1. The molecule has 0 aromatic heterocycles. The normalized spacial score (nSPS) is 19.6. The molecule has 1 saturated heterocycles. The maximum Gasteiger partial charge on any atom is 0.407 e. The summed E-state index contributed by atoms with van der Waals surface area (Å²) in [6, 6.07) is 12.0. The van der Waals surface area contributed by atoms with Crippen molar-refractivity contribution in [2.24, 2.45) is 17.8 Å². The van der Waals surface area contributed by atoms with Crippen LogP contribution in [0.15, 0.2) is 42.5 Å². The van der Waals surface area contributed by atoms with E-state index in [1.807, 2.05) is 63.2 Å². The Bertz CT molecular complexity index is 1290. The molecule has 236 valence electrons. The highest BCUT2D eigenvalue weighted by atomic mass is 16.5. The summed E-state index contributed by atoms with van der Waals surface area (Å²) in [6.45, 7) is 13.1. The van der Waals surface area contributed by atoms with Crippen molar-refractivity contribution >= 4 is 34.6 Å². The second-order valence-electron chi connectivity index (χ2n) is 12.5. The molecule has 10 nitrogen and oxygen atoms in total. The van der Waals surface area contributed by atoms with Crippen LogP contribution in [-0.4, -0.2) is 70.8 Å². The van der Waals surface area contributed by atoms with E-state index in [2.05, 4.69) is 10.6 Å². The van der Waals surface area contributed by atoms with Crippen LogP contribution >= 0.6 is 0 Å². The van der Waals surface area contributed by atoms with E-state index < -0.39 is 47.6 Å². The van der Waals surface area contributed by atoms with Gasteiger partial charge in [0.2, 0.25) is 11.8 Å². The molecule has 1 fully saturated rings. The first kappa shape index (κ1) is 33.8. The summed E-state index contributed by atoms with van der Waals surface area (Å²) in [7, 11) is 0. The van der Waals surface area contributed by atoms with Gasteiger partial charge in [0, 0.05) is 13.0 Å². The zero-order chi connectivity index (χ0) is 31.9. The number of carbonyl (C=O) groups is 4. The van der Waals surface area contributed by atoms with Gasteiger partial charge in [-0.3, -0.25) is 9.59 Å². The lowest BCUT2D eigenvalue weighted by molar-refractivity contribution is -0.151. The van der Waals surface area contributed by atoms with Gasteiger partial charge in [-0.05, 0) is 41.0 Å². The highest BCUT2D eigenvalue weighted by Gasteiger charge is 2.47. The Kier molecular flexibility index (Phi) is 11.6. The Morgan fingerprint density at radius 3 is 2.35 bits per heavy atom. The lowest BCUT2D eigenvalue weighted by Gasteiger charge is -2.35. The predicted octanol–water partition coefficient (Wildman–Crippen LogP) is 4.74. The fourth-order valence-electron chi connectivity index (χ4n) is 5.27. The van der Waals surface area contributed by atoms with E-state index in [9.17, 15) is 24.3 Å². The van der Waals surface area contributed by atoms with Gasteiger partial charge in [0.1, 0.15) is 17.6 Å². The van der Waals surface area contributed by atoms with Crippen molar-refractivity contribution < 1.29 is 33.8 Å². The summed E-state index contributed by atoms with van der Waals surface area (Å²) in [5.41, 5.74) is -0.549. The number of nitrogens with one attached hydrogen (secondary N) is 2. The molecule has 1 aliphatic heterocycles. The van der Waals surface area contributed by atoms with Gasteiger partial charge in [-0.1, -0.05) is 90.4 Å². The predicted molar refractivity (Wildman–Crippen MR) is 164 cm³/mol. The summed E-state index contributed by atoms with van der Waals surface area (Å²) in [5.74, 6) is -2.71. The van der Waals surface area contributed by atoms with Gasteiger partial charge in [-0.2, -0.15) is 0 Å². The van der Waals surface area contributed by atoms with Crippen LogP contribution in [0.2, 0.25) is 0 Å². The lowest BCUT2D eigenvalue weighted by atomic mass is 9.84. The minimum atomic E-state index is -1.53.